The summed E-state index contributed by atoms with van der Waals surface area (Å²) in [5.74, 6) is -7.63. The number of methoxy groups -OCH3 is 1. The van der Waals surface area contributed by atoms with Crippen LogP contribution in [0.5, 0.6) is 17.2 Å². The van der Waals surface area contributed by atoms with E-state index in [0.717, 1.165) is 13.2 Å². The fraction of sp³-hybridized carbons (Fsp3) is 0.152. The molecular weight excluding hydrogens is 639 g/mol. The van der Waals surface area contributed by atoms with Gasteiger partial charge in [0.05, 0.1) is 51.7 Å². The zero-order valence-corrected chi connectivity index (χ0v) is 24.8. The topological polar surface area (TPSA) is 193 Å². The summed E-state index contributed by atoms with van der Waals surface area (Å²) in [7, 11) is 1.11. The molecule has 0 bridgehead atoms. The quantitative estimate of drug-likeness (QED) is 0.105. The lowest BCUT2D eigenvalue weighted by Gasteiger charge is -2.23. The molecule has 0 aliphatic heterocycles. The smallest absolute Gasteiger partial charge is 0.260 e. The maximum absolute atomic E-state index is 14.2. The van der Waals surface area contributed by atoms with Crippen LogP contribution < -0.4 is 5.56 Å². The van der Waals surface area contributed by atoms with Crippen LogP contribution >= 0.6 is 11.6 Å². The number of H-pyrrole nitrogens is 1. The van der Waals surface area contributed by atoms with Gasteiger partial charge in [0.25, 0.3) is 5.56 Å². The van der Waals surface area contributed by atoms with Crippen molar-refractivity contribution in [2.24, 2.45) is 5.16 Å². The molecule has 47 heavy (non-hydrogen) atoms. The number of phenolic OH excluding ortho intramolecular Hbond substituents is 3. The molecule has 3 aliphatic rings. The van der Waals surface area contributed by atoms with Crippen molar-refractivity contribution in [2.45, 2.75) is 24.9 Å². The minimum Gasteiger partial charge on any atom is -0.507 e. The van der Waals surface area contributed by atoms with Gasteiger partial charge in [-0.15, -0.1) is 0 Å². The number of aromatic amines is 1. The van der Waals surface area contributed by atoms with Crippen molar-refractivity contribution in [2.75, 3.05) is 7.11 Å². The number of allylic oxidation sites excluding steroid dienone is 2. The molecule has 4 N–H and O–H groups in total. The van der Waals surface area contributed by atoms with Gasteiger partial charge in [0.15, 0.2) is 23.1 Å². The number of hydrogen-bond acceptors (Lipinski definition) is 11. The number of aromatic nitrogens is 1. The number of carbonyl (C=O) groups excluding carboxylic acids is 4. The van der Waals surface area contributed by atoms with Crippen molar-refractivity contribution < 1.29 is 48.5 Å². The summed E-state index contributed by atoms with van der Waals surface area (Å²) in [6.07, 6.45) is 1.65. The highest BCUT2D eigenvalue weighted by Gasteiger charge is 2.62. The Kier molecular flexibility index (Phi) is 6.58. The van der Waals surface area contributed by atoms with Gasteiger partial charge in [-0.3, -0.25) is 24.0 Å². The van der Waals surface area contributed by atoms with Gasteiger partial charge in [0, 0.05) is 17.0 Å². The number of pyridine rings is 1. The lowest BCUT2D eigenvalue weighted by Crippen LogP contribution is -2.36. The van der Waals surface area contributed by atoms with Crippen LogP contribution in [0.3, 0.4) is 0 Å². The molecule has 0 radical (unpaired) electrons. The van der Waals surface area contributed by atoms with Crippen LogP contribution in [-0.4, -0.2) is 56.8 Å². The summed E-state index contributed by atoms with van der Waals surface area (Å²) in [5, 5.41) is 37.3. The van der Waals surface area contributed by atoms with Crippen molar-refractivity contribution >= 4 is 51.7 Å². The van der Waals surface area contributed by atoms with Crippen molar-refractivity contribution in [1.82, 2.24) is 4.98 Å². The third-order valence-electron chi connectivity index (χ3n) is 8.75. The molecule has 0 fully saturated rings. The van der Waals surface area contributed by atoms with E-state index in [9.17, 15) is 43.7 Å². The molecule has 12 nitrogen and oxygen atoms in total. The second-order valence-electron chi connectivity index (χ2n) is 11.2. The Balaban J connectivity index is 1.33. The first-order valence-corrected chi connectivity index (χ1v) is 14.4. The van der Waals surface area contributed by atoms with Gasteiger partial charge in [-0.05, 0) is 42.2 Å². The second kappa shape index (κ2) is 10.4. The number of ether oxygens (including phenoxy) is 1. The number of halogens is 2. The molecule has 0 saturated heterocycles. The van der Waals surface area contributed by atoms with E-state index in [-0.39, 0.29) is 52.1 Å². The van der Waals surface area contributed by atoms with Crippen molar-refractivity contribution in [3.05, 3.63) is 108 Å². The highest BCUT2D eigenvalue weighted by molar-refractivity contribution is 6.41. The maximum atomic E-state index is 14.2. The van der Waals surface area contributed by atoms with E-state index in [1.54, 1.807) is 6.07 Å². The van der Waals surface area contributed by atoms with Crippen LogP contribution in [0.1, 0.15) is 70.2 Å². The van der Waals surface area contributed by atoms with E-state index in [1.807, 2.05) is 0 Å². The van der Waals surface area contributed by atoms with Gasteiger partial charge in [-0.1, -0.05) is 28.9 Å². The van der Waals surface area contributed by atoms with Crippen molar-refractivity contribution in [3.8, 4) is 17.2 Å². The van der Waals surface area contributed by atoms with Crippen LogP contribution in [0.2, 0.25) is 5.02 Å². The Morgan fingerprint density at radius 1 is 1.00 bits per heavy atom. The van der Waals surface area contributed by atoms with Gasteiger partial charge in [-0.25, -0.2) is 4.39 Å². The number of nitrogens with zero attached hydrogens (tertiary/aromatic N) is 1. The fourth-order valence-corrected chi connectivity index (χ4v) is 7.04. The number of benzene rings is 3. The number of carbonyl (C=O) groups is 4. The number of phenols is 3. The third kappa shape index (κ3) is 3.99. The molecule has 1 heterocycles. The first kappa shape index (κ1) is 29.9. The predicted molar refractivity (Wildman–Crippen MR) is 162 cm³/mol. The van der Waals surface area contributed by atoms with Gasteiger partial charge in [0.2, 0.25) is 5.78 Å². The summed E-state index contributed by atoms with van der Waals surface area (Å²) < 4.78 is 18.3. The van der Waals surface area contributed by atoms with Crippen LogP contribution in [-0.2, 0) is 28.0 Å². The van der Waals surface area contributed by atoms with E-state index in [1.165, 1.54) is 30.5 Å². The van der Waals surface area contributed by atoms with E-state index < -0.39 is 85.2 Å². The summed E-state index contributed by atoms with van der Waals surface area (Å²) >= 11 is 6.76. The molecular formula is C33H20ClFN2O10. The van der Waals surface area contributed by atoms with Crippen LogP contribution in [0.4, 0.5) is 4.39 Å². The fourth-order valence-electron chi connectivity index (χ4n) is 6.70. The number of Topliss-reactive ketones (excluding diaryl/α,β-unsaturated/α-hetero) is 3. The van der Waals surface area contributed by atoms with Gasteiger partial charge in [-0.2, -0.15) is 0 Å². The average molecular weight is 659 g/mol. The summed E-state index contributed by atoms with van der Waals surface area (Å²) in [6.45, 7) is -0.0614. The Morgan fingerprint density at radius 2 is 1.70 bits per heavy atom. The first-order chi connectivity index (χ1) is 22.4. The molecule has 3 aliphatic carbocycles. The van der Waals surface area contributed by atoms with E-state index in [2.05, 4.69) is 10.1 Å². The number of fused-ring (bicyclic) bond motifs is 5. The standard InChI is InChI=1S/C33H20ClFN2O10/c1-46-18-9-17(38)20-21(26(18)39)28(41)23-22(27(20)40)30(43)33(31(23)44)6-5-15-24(33)29(42)19-16(25(15)34)8-14(37-32(19)45)10-36-47-11-12-3-2-4-13(35)7-12/h2-4,7-10,40-42H,5-6,11H2,1H3,(H,37,45)/t33-/m0/s1. The Labute approximate surface area is 267 Å². The minimum absolute atomic E-state index is 0.0371. The molecule has 1 aromatic heterocycles. The largest absolute Gasteiger partial charge is 0.507 e. The molecule has 4 aromatic rings. The molecule has 3 aromatic carbocycles. The number of ketones is 4. The summed E-state index contributed by atoms with van der Waals surface area (Å²) in [4.78, 5) is 75.2. The number of rotatable bonds is 5. The summed E-state index contributed by atoms with van der Waals surface area (Å²) in [6, 6.07) is 7.09. The highest BCUT2D eigenvalue weighted by atomic mass is 35.5. The molecule has 0 amide bonds. The molecule has 236 valence electrons. The predicted octanol–water partition coefficient (Wildman–Crippen LogP) is 4.16. The number of oxime groups is 1. The van der Waals surface area contributed by atoms with E-state index in [4.69, 9.17) is 21.2 Å². The number of aromatic hydroxyl groups is 3. The Hall–Kier alpha value is -5.82. The Bertz CT molecular complexity index is 2310. The Morgan fingerprint density at radius 3 is 2.38 bits per heavy atom. The molecule has 0 unspecified atom stereocenters. The average Bonchev–Trinajstić information content (AvgIpc) is 3.55. The second-order valence-corrected chi connectivity index (χ2v) is 11.5. The lowest BCUT2D eigenvalue weighted by molar-refractivity contribution is 0.0790. The monoisotopic (exact) mass is 658 g/mol. The molecule has 0 saturated carbocycles. The zero-order valence-electron chi connectivity index (χ0n) is 24.1. The van der Waals surface area contributed by atoms with Gasteiger partial charge < -0.3 is 29.9 Å². The van der Waals surface area contributed by atoms with E-state index >= 15 is 0 Å². The van der Waals surface area contributed by atoms with Gasteiger partial charge >= 0.3 is 0 Å². The highest BCUT2D eigenvalue weighted by Crippen LogP contribution is 2.58. The SMILES string of the molecule is COC1=CC(=O)c2c(O)c3c(c(O)c2C1=O)C(=O)[C@]1(CCc2c1c(O)c1c(=O)[nH]c(C=NOCc4cccc(F)c4)cc1c2Cl)C3=O. The summed E-state index contributed by atoms with van der Waals surface area (Å²) in [5.41, 5.74) is -5.34. The van der Waals surface area contributed by atoms with Crippen molar-refractivity contribution in [1.29, 1.82) is 0 Å². The minimum atomic E-state index is -2.24. The van der Waals surface area contributed by atoms with Crippen molar-refractivity contribution in [3.63, 3.8) is 0 Å². The molecule has 1 atom stereocenters. The number of hydrogen-bond donors (Lipinski definition) is 4. The van der Waals surface area contributed by atoms with Crippen LogP contribution in [0, 0.1) is 5.82 Å². The maximum Gasteiger partial charge on any atom is 0.260 e. The third-order valence-corrected chi connectivity index (χ3v) is 9.18. The first-order valence-electron chi connectivity index (χ1n) is 14.0. The zero-order chi connectivity index (χ0) is 33.5. The number of nitrogens with one attached hydrogen (secondary N) is 1. The lowest BCUT2D eigenvalue weighted by atomic mass is 9.76. The van der Waals surface area contributed by atoms with E-state index in [0.29, 0.717) is 5.56 Å². The van der Waals surface area contributed by atoms with Gasteiger partial charge in [0.1, 0.15) is 35.1 Å². The van der Waals surface area contributed by atoms with Crippen LogP contribution in [0.15, 0.2) is 52.1 Å². The normalized spacial score (nSPS) is 18.2. The van der Waals surface area contributed by atoms with Crippen LogP contribution in [0.25, 0.3) is 10.8 Å². The molecule has 7 rings (SSSR count). The molecule has 14 heteroatoms. The molecule has 1 spiro atoms.